The molecule has 3 atom stereocenters. The van der Waals surface area contributed by atoms with Crippen LogP contribution in [0.1, 0.15) is 0 Å². The first-order valence-corrected chi connectivity index (χ1v) is 4.02. The van der Waals surface area contributed by atoms with E-state index in [0.717, 1.165) is 0 Å². The van der Waals surface area contributed by atoms with E-state index in [0.29, 0.717) is 0 Å². The Morgan fingerprint density at radius 2 is 2.00 bits per heavy atom. The minimum absolute atomic E-state index is 0.00333. The second-order valence-corrected chi connectivity index (χ2v) is 2.89. The molecule has 0 aromatic rings. The molecule has 78 valence electrons. The van der Waals surface area contributed by atoms with Crippen molar-refractivity contribution in [3.63, 3.8) is 0 Å². The maximum Gasteiger partial charge on any atom is 0.509 e. The molecule has 7 heteroatoms. The second kappa shape index (κ2) is 3.33. The number of hydrogen-bond acceptors (Lipinski definition) is 7. The van der Waals surface area contributed by atoms with Crippen LogP contribution in [0.25, 0.3) is 0 Å². The van der Waals surface area contributed by atoms with E-state index in [2.05, 4.69) is 9.47 Å². The summed E-state index contributed by atoms with van der Waals surface area (Å²) in [5.74, 6) is 0. The van der Waals surface area contributed by atoms with Crippen LogP contribution in [-0.2, 0) is 18.9 Å². The predicted octanol–water partition coefficient (Wildman–Crippen LogP) is -0.582. The standard InChI is InChI=1S/C7H8O7/c8-1-3-5(14-7(10)12-3)4-2-11-6(9)13-4/h3-5,8H,1-2H2. The van der Waals surface area contributed by atoms with E-state index >= 15 is 0 Å². The second-order valence-electron chi connectivity index (χ2n) is 2.89. The largest absolute Gasteiger partial charge is 0.509 e. The van der Waals surface area contributed by atoms with Crippen LogP contribution in [-0.4, -0.2) is 48.9 Å². The van der Waals surface area contributed by atoms with Crippen LogP contribution in [0, 0.1) is 0 Å². The summed E-state index contributed by atoms with van der Waals surface area (Å²) in [6.45, 7) is -0.388. The van der Waals surface area contributed by atoms with Crippen molar-refractivity contribution in [3.05, 3.63) is 0 Å². The average molecular weight is 204 g/mol. The molecule has 2 fully saturated rings. The molecule has 2 aliphatic rings. The summed E-state index contributed by atoms with van der Waals surface area (Å²) in [6.07, 6.45) is -3.99. The van der Waals surface area contributed by atoms with Gasteiger partial charge < -0.3 is 24.1 Å². The van der Waals surface area contributed by atoms with Gasteiger partial charge in [0.25, 0.3) is 0 Å². The van der Waals surface area contributed by atoms with Crippen molar-refractivity contribution in [2.45, 2.75) is 18.3 Å². The van der Waals surface area contributed by atoms with Gasteiger partial charge in [0.05, 0.1) is 6.61 Å². The Bertz CT molecular complexity index is 263. The van der Waals surface area contributed by atoms with Crippen molar-refractivity contribution in [3.8, 4) is 0 Å². The normalized spacial score (nSPS) is 35.9. The van der Waals surface area contributed by atoms with Crippen LogP contribution < -0.4 is 0 Å². The van der Waals surface area contributed by atoms with Crippen LogP contribution >= 0.6 is 0 Å². The van der Waals surface area contributed by atoms with Gasteiger partial charge in [-0.1, -0.05) is 0 Å². The Labute approximate surface area is 78.5 Å². The molecule has 0 aromatic carbocycles. The van der Waals surface area contributed by atoms with Crippen LogP contribution in [0.3, 0.4) is 0 Å². The lowest BCUT2D eigenvalue weighted by Crippen LogP contribution is -2.38. The van der Waals surface area contributed by atoms with Crippen LogP contribution in [0.5, 0.6) is 0 Å². The Morgan fingerprint density at radius 3 is 2.57 bits per heavy atom. The zero-order chi connectivity index (χ0) is 10.1. The summed E-state index contributed by atoms with van der Waals surface area (Å²) in [4.78, 5) is 21.3. The molecule has 0 aliphatic carbocycles. The summed E-state index contributed by atoms with van der Waals surface area (Å²) in [5, 5.41) is 8.84. The molecule has 7 nitrogen and oxygen atoms in total. The molecule has 0 spiro atoms. The minimum atomic E-state index is -0.878. The quantitative estimate of drug-likeness (QED) is 0.601. The summed E-state index contributed by atoms with van der Waals surface area (Å²) >= 11 is 0. The number of aliphatic hydroxyl groups is 1. The highest BCUT2D eigenvalue weighted by atomic mass is 16.8. The van der Waals surface area contributed by atoms with E-state index in [1.807, 2.05) is 0 Å². The predicted molar refractivity (Wildman–Crippen MR) is 38.4 cm³/mol. The van der Waals surface area contributed by atoms with Crippen LogP contribution in [0.15, 0.2) is 0 Å². The third-order valence-corrected chi connectivity index (χ3v) is 2.01. The lowest BCUT2D eigenvalue weighted by Gasteiger charge is -2.16. The van der Waals surface area contributed by atoms with Gasteiger partial charge in [-0.05, 0) is 0 Å². The first-order chi connectivity index (χ1) is 6.70. The highest BCUT2D eigenvalue weighted by Gasteiger charge is 2.46. The van der Waals surface area contributed by atoms with Gasteiger partial charge in [0, 0.05) is 0 Å². The third kappa shape index (κ3) is 1.46. The number of carbonyl (C=O) groups excluding carboxylic acids is 2. The van der Waals surface area contributed by atoms with Gasteiger partial charge in [0.15, 0.2) is 18.3 Å². The van der Waals surface area contributed by atoms with Crippen molar-refractivity contribution in [2.24, 2.45) is 0 Å². The molecular formula is C7H8O7. The lowest BCUT2D eigenvalue weighted by atomic mass is 10.1. The molecule has 0 radical (unpaired) electrons. The fourth-order valence-corrected chi connectivity index (χ4v) is 1.37. The molecule has 0 saturated carbocycles. The average Bonchev–Trinajstić information content (AvgIpc) is 2.71. The minimum Gasteiger partial charge on any atom is -0.430 e. The third-order valence-electron chi connectivity index (χ3n) is 2.01. The smallest absolute Gasteiger partial charge is 0.430 e. The summed E-state index contributed by atoms with van der Waals surface area (Å²) in [5.41, 5.74) is 0. The van der Waals surface area contributed by atoms with E-state index in [9.17, 15) is 9.59 Å². The molecule has 0 amide bonds. The molecule has 0 aromatic heterocycles. The number of cyclic esters (lactones) is 4. The van der Waals surface area contributed by atoms with Gasteiger partial charge in [-0.2, -0.15) is 0 Å². The van der Waals surface area contributed by atoms with E-state index in [1.165, 1.54) is 0 Å². The van der Waals surface area contributed by atoms with Gasteiger partial charge in [-0.3, -0.25) is 0 Å². The van der Waals surface area contributed by atoms with Gasteiger partial charge in [-0.15, -0.1) is 0 Å². The number of ether oxygens (including phenoxy) is 4. The fourth-order valence-electron chi connectivity index (χ4n) is 1.37. The number of hydrogen-bond donors (Lipinski definition) is 1. The number of aliphatic hydroxyl groups excluding tert-OH is 1. The van der Waals surface area contributed by atoms with Crippen molar-refractivity contribution >= 4 is 12.3 Å². The van der Waals surface area contributed by atoms with Gasteiger partial charge in [-0.25, -0.2) is 9.59 Å². The zero-order valence-corrected chi connectivity index (χ0v) is 7.04. The van der Waals surface area contributed by atoms with Crippen molar-refractivity contribution in [1.82, 2.24) is 0 Å². The van der Waals surface area contributed by atoms with Gasteiger partial charge in [0.2, 0.25) is 0 Å². The van der Waals surface area contributed by atoms with Crippen molar-refractivity contribution < 1.29 is 33.6 Å². The molecule has 2 heterocycles. The molecule has 2 aliphatic heterocycles. The highest BCUT2D eigenvalue weighted by molar-refractivity contribution is 5.64. The Kier molecular flexibility index (Phi) is 2.16. The summed E-state index contributed by atoms with van der Waals surface area (Å²) < 4.78 is 18.5. The zero-order valence-electron chi connectivity index (χ0n) is 7.04. The molecule has 1 N–H and O–H groups in total. The maximum absolute atomic E-state index is 10.7. The highest BCUT2D eigenvalue weighted by Crippen LogP contribution is 2.23. The monoisotopic (exact) mass is 204 g/mol. The molecule has 2 rings (SSSR count). The van der Waals surface area contributed by atoms with E-state index < -0.39 is 30.6 Å². The Morgan fingerprint density at radius 1 is 1.21 bits per heavy atom. The fraction of sp³-hybridized carbons (Fsp3) is 0.714. The van der Waals surface area contributed by atoms with Crippen molar-refractivity contribution in [1.29, 1.82) is 0 Å². The molecular weight excluding hydrogens is 196 g/mol. The summed E-state index contributed by atoms with van der Waals surface area (Å²) in [7, 11) is 0. The van der Waals surface area contributed by atoms with E-state index in [-0.39, 0.29) is 13.2 Å². The van der Waals surface area contributed by atoms with E-state index in [4.69, 9.17) is 14.6 Å². The first kappa shape index (κ1) is 9.07. The SMILES string of the molecule is O=C1OCC(C2OC(=O)OC2CO)O1. The Hall–Kier alpha value is -1.50. The van der Waals surface area contributed by atoms with Crippen molar-refractivity contribution in [2.75, 3.05) is 13.2 Å². The number of rotatable bonds is 2. The molecule has 14 heavy (non-hydrogen) atoms. The van der Waals surface area contributed by atoms with Crippen LogP contribution in [0.4, 0.5) is 9.59 Å². The van der Waals surface area contributed by atoms with E-state index in [1.54, 1.807) is 0 Å². The maximum atomic E-state index is 10.7. The molecule has 3 unspecified atom stereocenters. The lowest BCUT2D eigenvalue weighted by molar-refractivity contribution is 0.00986. The van der Waals surface area contributed by atoms with Gasteiger partial charge >= 0.3 is 12.3 Å². The van der Waals surface area contributed by atoms with Crippen LogP contribution in [0.2, 0.25) is 0 Å². The molecule has 2 saturated heterocycles. The topological polar surface area (TPSA) is 91.3 Å². The Balaban J connectivity index is 2.02. The number of carbonyl (C=O) groups is 2. The summed E-state index contributed by atoms with van der Waals surface area (Å²) in [6, 6.07) is 0. The first-order valence-electron chi connectivity index (χ1n) is 4.02. The molecule has 0 bridgehead atoms. The van der Waals surface area contributed by atoms with Gasteiger partial charge in [0.1, 0.15) is 6.61 Å².